The summed E-state index contributed by atoms with van der Waals surface area (Å²) < 4.78 is 2.09. The zero-order valence-corrected chi connectivity index (χ0v) is 25.8. The number of nitriles is 1. The van der Waals surface area contributed by atoms with E-state index in [1.807, 2.05) is 36.4 Å². The predicted octanol–water partition coefficient (Wildman–Crippen LogP) is 7.70. The lowest BCUT2D eigenvalue weighted by molar-refractivity contribution is -0.121. The van der Waals surface area contributed by atoms with Crippen LogP contribution in [0.15, 0.2) is 133 Å². The van der Waals surface area contributed by atoms with Crippen LogP contribution >= 0.6 is 0 Å². The van der Waals surface area contributed by atoms with Gasteiger partial charge in [-0.25, -0.2) is 4.68 Å². The molecule has 0 bridgehead atoms. The third-order valence-electron chi connectivity index (χ3n) is 9.23. The molecule has 6 nitrogen and oxygen atoms in total. The monoisotopic (exact) mass is 601 g/mol. The molecule has 6 heteroatoms. The van der Waals surface area contributed by atoms with Crippen LogP contribution in [0.2, 0.25) is 0 Å². The van der Waals surface area contributed by atoms with Crippen molar-refractivity contribution in [3.63, 3.8) is 0 Å². The van der Waals surface area contributed by atoms with Crippen molar-refractivity contribution >= 4 is 22.6 Å². The van der Waals surface area contributed by atoms with Crippen molar-refractivity contribution in [3.8, 4) is 17.2 Å². The van der Waals surface area contributed by atoms with E-state index in [0.29, 0.717) is 11.4 Å². The van der Waals surface area contributed by atoms with Gasteiger partial charge in [-0.05, 0) is 85.1 Å². The smallest absolute Gasteiger partial charge is 0.228 e. The van der Waals surface area contributed by atoms with Gasteiger partial charge in [0, 0.05) is 11.3 Å². The number of benzene rings is 5. The first kappa shape index (κ1) is 29.2. The highest BCUT2D eigenvalue weighted by Crippen LogP contribution is 2.44. The van der Waals surface area contributed by atoms with Gasteiger partial charge in [0.1, 0.15) is 5.54 Å². The Kier molecular flexibility index (Phi) is 7.92. The fraction of sp³-hybridized carbons (Fsp3) is 0.175. The number of carbonyl (C=O) groups is 1. The summed E-state index contributed by atoms with van der Waals surface area (Å²) in [5, 5.41) is 19.0. The zero-order chi connectivity index (χ0) is 31.5. The highest BCUT2D eigenvalue weighted by Gasteiger charge is 2.41. The van der Waals surface area contributed by atoms with E-state index in [1.165, 1.54) is 0 Å². The maximum absolute atomic E-state index is 13.8. The zero-order valence-electron chi connectivity index (χ0n) is 25.8. The Morgan fingerprint density at radius 3 is 1.89 bits per heavy atom. The minimum absolute atomic E-state index is 0.00117. The lowest BCUT2D eigenvalue weighted by Crippen LogP contribution is -2.39. The second-order valence-corrected chi connectivity index (χ2v) is 12.1. The van der Waals surface area contributed by atoms with Crippen LogP contribution in [-0.4, -0.2) is 40.7 Å². The van der Waals surface area contributed by atoms with Crippen LogP contribution in [0.1, 0.15) is 35.1 Å². The van der Waals surface area contributed by atoms with Gasteiger partial charge >= 0.3 is 0 Å². The molecule has 226 valence electrons. The number of fused-ring (bicyclic) bond motifs is 1. The van der Waals surface area contributed by atoms with Crippen molar-refractivity contribution in [3.05, 3.63) is 156 Å². The van der Waals surface area contributed by atoms with Crippen molar-refractivity contribution in [2.75, 3.05) is 25.5 Å². The molecule has 1 amide bonds. The Morgan fingerprint density at radius 2 is 1.33 bits per heavy atom. The number of carbonyl (C=O) groups excluding carboxylic acids is 1. The van der Waals surface area contributed by atoms with E-state index in [4.69, 9.17) is 5.10 Å². The summed E-state index contributed by atoms with van der Waals surface area (Å²) in [7, 11) is 2.10. The van der Waals surface area contributed by atoms with Crippen molar-refractivity contribution in [1.82, 2.24) is 14.7 Å². The van der Waals surface area contributed by atoms with Crippen molar-refractivity contribution in [2.24, 2.45) is 5.92 Å². The lowest BCUT2D eigenvalue weighted by atomic mass is 9.77. The fourth-order valence-electron chi connectivity index (χ4n) is 6.81. The first-order valence-electron chi connectivity index (χ1n) is 15.8. The van der Waals surface area contributed by atoms with Crippen LogP contribution in [0.25, 0.3) is 22.0 Å². The molecule has 46 heavy (non-hydrogen) atoms. The number of rotatable bonds is 7. The number of amides is 1. The van der Waals surface area contributed by atoms with Crippen LogP contribution < -0.4 is 5.32 Å². The topological polar surface area (TPSA) is 74.0 Å². The van der Waals surface area contributed by atoms with Gasteiger partial charge in [0.05, 0.1) is 17.1 Å². The van der Waals surface area contributed by atoms with Gasteiger partial charge in [0.15, 0.2) is 5.82 Å². The Morgan fingerprint density at radius 1 is 0.761 bits per heavy atom. The maximum atomic E-state index is 13.8. The third kappa shape index (κ3) is 5.25. The van der Waals surface area contributed by atoms with Crippen molar-refractivity contribution in [2.45, 2.75) is 18.4 Å². The average molecular weight is 602 g/mol. The fourth-order valence-corrected chi connectivity index (χ4v) is 6.81. The van der Waals surface area contributed by atoms with Gasteiger partial charge < -0.3 is 10.2 Å². The number of nitrogens with one attached hydrogen (secondary N) is 1. The maximum Gasteiger partial charge on any atom is 0.228 e. The molecule has 0 aliphatic carbocycles. The van der Waals surface area contributed by atoms with Gasteiger partial charge in [-0.3, -0.25) is 4.79 Å². The summed E-state index contributed by atoms with van der Waals surface area (Å²) in [6, 6.07) is 47.4. The quantitative estimate of drug-likeness (QED) is 0.190. The molecular weight excluding hydrogens is 566 g/mol. The molecular formula is C40H35N5O. The van der Waals surface area contributed by atoms with E-state index in [-0.39, 0.29) is 11.8 Å². The minimum Gasteiger partial charge on any atom is -0.308 e. The van der Waals surface area contributed by atoms with Crippen LogP contribution in [0.5, 0.6) is 0 Å². The van der Waals surface area contributed by atoms with E-state index in [9.17, 15) is 10.1 Å². The van der Waals surface area contributed by atoms with Gasteiger partial charge in [0.2, 0.25) is 5.91 Å². The molecule has 7 rings (SSSR count). The van der Waals surface area contributed by atoms with E-state index in [2.05, 4.69) is 119 Å². The first-order chi connectivity index (χ1) is 22.6. The Labute approximate surface area is 269 Å². The van der Waals surface area contributed by atoms with Crippen molar-refractivity contribution in [1.29, 1.82) is 5.26 Å². The summed E-state index contributed by atoms with van der Waals surface area (Å²) in [5.41, 5.74) is 5.67. The van der Waals surface area contributed by atoms with E-state index in [1.54, 1.807) is 6.07 Å². The molecule has 0 radical (unpaired) electrons. The number of nitrogens with zero attached hydrogens (tertiary/aromatic N) is 4. The number of aromatic nitrogens is 2. The van der Waals surface area contributed by atoms with E-state index >= 15 is 0 Å². The van der Waals surface area contributed by atoms with Crippen LogP contribution in [-0.2, 0) is 10.3 Å². The first-order valence-corrected chi connectivity index (χ1v) is 15.8. The number of hydrogen-bond donors (Lipinski definition) is 1. The molecule has 1 aliphatic rings. The largest absolute Gasteiger partial charge is 0.308 e. The molecule has 1 fully saturated rings. The van der Waals surface area contributed by atoms with Crippen LogP contribution in [0.3, 0.4) is 0 Å². The van der Waals surface area contributed by atoms with Gasteiger partial charge in [0.25, 0.3) is 0 Å². The Bertz CT molecular complexity index is 1920. The average Bonchev–Trinajstić information content (AvgIpc) is 3.47. The SMILES string of the molecule is CN1CCC(C(=O)Nc2nn(C(c3ccccc3)(c3ccccc3)c3ccccc3)c3ccc(-c4cccc(C#N)c4)cc23)CC1. The lowest BCUT2D eigenvalue weighted by Gasteiger charge is -2.37. The summed E-state index contributed by atoms with van der Waals surface area (Å²) in [5.74, 6) is 0.458. The van der Waals surface area contributed by atoms with E-state index in [0.717, 1.165) is 64.7 Å². The molecule has 2 heterocycles. The highest BCUT2D eigenvalue weighted by atomic mass is 16.2. The molecule has 6 aromatic rings. The summed E-state index contributed by atoms with van der Waals surface area (Å²) in [6.07, 6.45) is 1.63. The molecule has 0 atom stereocenters. The molecule has 1 aliphatic heterocycles. The summed E-state index contributed by atoms with van der Waals surface area (Å²) in [6.45, 7) is 1.79. The van der Waals surface area contributed by atoms with Crippen LogP contribution in [0, 0.1) is 17.2 Å². The standard InChI is InChI=1S/C40H35N5O/c1-44-24-22-30(23-25-44)39(46)42-38-36-27-32(31-13-11-12-29(26-31)28-41)20-21-37(36)45(43-38)40(33-14-5-2-6-15-33,34-16-7-3-8-17-34)35-18-9-4-10-19-35/h2-21,26-27,30H,22-25H2,1H3,(H,42,43,46). The summed E-state index contributed by atoms with van der Waals surface area (Å²) >= 11 is 0. The second kappa shape index (κ2) is 12.5. The number of anilines is 1. The molecule has 1 N–H and O–H groups in total. The minimum atomic E-state index is -0.846. The van der Waals surface area contributed by atoms with Gasteiger partial charge in [-0.2, -0.15) is 10.4 Å². The molecule has 1 saturated heterocycles. The predicted molar refractivity (Wildman–Crippen MR) is 183 cm³/mol. The van der Waals surface area contributed by atoms with Gasteiger partial charge in [-0.15, -0.1) is 0 Å². The Hall–Kier alpha value is -5.51. The van der Waals surface area contributed by atoms with E-state index < -0.39 is 5.54 Å². The number of piperidine rings is 1. The van der Waals surface area contributed by atoms with Crippen LogP contribution in [0.4, 0.5) is 5.82 Å². The molecule has 0 spiro atoms. The number of hydrogen-bond acceptors (Lipinski definition) is 4. The molecule has 0 saturated carbocycles. The molecule has 0 unspecified atom stereocenters. The summed E-state index contributed by atoms with van der Waals surface area (Å²) in [4.78, 5) is 16.1. The second-order valence-electron chi connectivity index (χ2n) is 12.1. The number of likely N-dealkylation sites (tertiary alicyclic amines) is 1. The highest BCUT2D eigenvalue weighted by molar-refractivity contribution is 6.02. The molecule has 5 aromatic carbocycles. The van der Waals surface area contributed by atoms with Gasteiger partial charge in [-0.1, -0.05) is 109 Å². The van der Waals surface area contributed by atoms with Crippen molar-refractivity contribution < 1.29 is 4.79 Å². The third-order valence-corrected chi connectivity index (χ3v) is 9.23. The normalized spacial score (nSPS) is 14.2. The Balaban J connectivity index is 1.50. The molecule has 1 aromatic heterocycles.